The molecule has 0 spiro atoms. The molecule has 1 unspecified atom stereocenters. The van der Waals surface area contributed by atoms with Gasteiger partial charge in [0.05, 0.1) is 11.0 Å². The van der Waals surface area contributed by atoms with E-state index in [-0.39, 0.29) is 11.0 Å². The van der Waals surface area contributed by atoms with E-state index in [2.05, 4.69) is 9.98 Å². The maximum atomic E-state index is 12.5. The van der Waals surface area contributed by atoms with Crippen LogP contribution in [0.25, 0.3) is 0 Å². The van der Waals surface area contributed by atoms with Gasteiger partial charge in [0.15, 0.2) is 5.82 Å². The van der Waals surface area contributed by atoms with Crippen LogP contribution in [0.4, 0.5) is 0 Å². The summed E-state index contributed by atoms with van der Waals surface area (Å²) in [5.74, 6) is 0.381. The second-order valence-corrected chi connectivity index (χ2v) is 8.93. The van der Waals surface area contributed by atoms with Gasteiger partial charge in [-0.1, -0.05) is 0 Å². The van der Waals surface area contributed by atoms with Crippen LogP contribution in [0.3, 0.4) is 0 Å². The Hall–Kier alpha value is -0.990. The number of alkyl halides is 2. The molecular formula is C15H19Cl2N3O3S. The van der Waals surface area contributed by atoms with Gasteiger partial charge in [-0.25, -0.2) is 22.7 Å². The van der Waals surface area contributed by atoms with E-state index in [1.165, 1.54) is 38.7 Å². The number of ether oxygens (including phenoxy) is 1. The molecule has 0 aromatic heterocycles. The molecule has 2 rings (SSSR count). The fraction of sp³-hybridized carbons (Fsp3) is 0.467. The van der Waals surface area contributed by atoms with Crippen LogP contribution in [0.5, 0.6) is 0 Å². The molecule has 1 heterocycles. The number of allylic oxidation sites excluding steroid dienone is 1. The number of hydrogen-bond acceptors (Lipinski definition) is 5. The zero-order valence-electron chi connectivity index (χ0n) is 13.8. The second-order valence-electron chi connectivity index (χ2n) is 5.68. The van der Waals surface area contributed by atoms with Crippen LogP contribution in [-0.2, 0) is 14.8 Å². The predicted octanol–water partition coefficient (Wildman–Crippen LogP) is 2.67. The molecule has 24 heavy (non-hydrogen) atoms. The van der Waals surface area contributed by atoms with E-state index in [1.54, 1.807) is 0 Å². The van der Waals surface area contributed by atoms with Crippen molar-refractivity contribution in [2.75, 3.05) is 14.1 Å². The van der Waals surface area contributed by atoms with Gasteiger partial charge in [0.1, 0.15) is 10.9 Å². The summed E-state index contributed by atoms with van der Waals surface area (Å²) >= 11 is 12.2. The fourth-order valence-corrected chi connectivity index (χ4v) is 3.56. The van der Waals surface area contributed by atoms with Crippen molar-refractivity contribution >= 4 is 45.7 Å². The molecule has 1 atom stereocenters. The Bertz CT molecular complexity index is 749. The Kier molecular flexibility index (Phi) is 6.04. The van der Waals surface area contributed by atoms with E-state index in [1.807, 2.05) is 13.8 Å². The molecule has 132 valence electrons. The lowest BCUT2D eigenvalue weighted by Crippen LogP contribution is -2.31. The van der Waals surface area contributed by atoms with Crippen LogP contribution in [0.15, 0.2) is 44.0 Å². The number of sulfonamides is 1. The van der Waals surface area contributed by atoms with Crippen molar-refractivity contribution in [3.8, 4) is 0 Å². The van der Waals surface area contributed by atoms with Gasteiger partial charge < -0.3 is 4.74 Å². The first kappa shape index (κ1) is 19.3. The molecule has 0 N–H and O–H groups in total. The lowest BCUT2D eigenvalue weighted by atomic mass is 9.96. The summed E-state index contributed by atoms with van der Waals surface area (Å²) < 4.78 is 32.1. The van der Waals surface area contributed by atoms with Gasteiger partial charge in [-0.3, -0.25) is 0 Å². The van der Waals surface area contributed by atoms with Crippen LogP contribution >= 0.6 is 23.2 Å². The zero-order valence-corrected chi connectivity index (χ0v) is 16.1. The van der Waals surface area contributed by atoms with Crippen molar-refractivity contribution in [1.29, 1.82) is 0 Å². The summed E-state index contributed by atoms with van der Waals surface area (Å²) in [6.45, 7) is 3.74. The lowest BCUT2D eigenvalue weighted by Gasteiger charge is -2.29. The molecule has 0 radical (unpaired) electrons. The summed E-state index contributed by atoms with van der Waals surface area (Å²) in [4.78, 5) is 7.45. The van der Waals surface area contributed by atoms with Gasteiger partial charge in [0.25, 0.3) is 0 Å². The predicted molar refractivity (Wildman–Crippen MR) is 98.3 cm³/mol. The SMILES string of the molecule is CC(C)OC1C(C(Cl)Cl)=CC(S(=O)(=O)N(C)C)=CC1=C1N=CC=N1. The van der Waals surface area contributed by atoms with Gasteiger partial charge in [-0.05, 0) is 31.6 Å². The summed E-state index contributed by atoms with van der Waals surface area (Å²) in [6, 6.07) is 0. The molecule has 0 saturated heterocycles. The lowest BCUT2D eigenvalue weighted by molar-refractivity contribution is 0.0493. The summed E-state index contributed by atoms with van der Waals surface area (Å²) in [6.07, 6.45) is 5.28. The van der Waals surface area contributed by atoms with Crippen molar-refractivity contribution in [2.24, 2.45) is 9.98 Å². The van der Waals surface area contributed by atoms with Crippen molar-refractivity contribution in [1.82, 2.24) is 4.31 Å². The monoisotopic (exact) mass is 391 g/mol. The first-order valence-corrected chi connectivity index (χ1v) is 9.56. The van der Waals surface area contributed by atoms with Gasteiger partial charge in [-0.2, -0.15) is 0 Å². The highest BCUT2D eigenvalue weighted by atomic mass is 35.5. The van der Waals surface area contributed by atoms with Gasteiger partial charge in [0, 0.05) is 32.1 Å². The Morgan fingerprint density at radius 3 is 2.21 bits per heavy atom. The number of halogens is 2. The summed E-state index contributed by atoms with van der Waals surface area (Å²) in [5.41, 5.74) is 0.952. The van der Waals surface area contributed by atoms with Crippen LogP contribution in [0.2, 0.25) is 0 Å². The van der Waals surface area contributed by atoms with Gasteiger partial charge >= 0.3 is 0 Å². The largest absolute Gasteiger partial charge is 0.366 e. The third-order valence-corrected chi connectivity index (χ3v) is 5.65. The Balaban J connectivity index is 2.66. The Morgan fingerprint density at radius 2 is 1.75 bits per heavy atom. The molecule has 2 aliphatic rings. The van der Waals surface area contributed by atoms with E-state index >= 15 is 0 Å². The van der Waals surface area contributed by atoms with Crippen molar-refractivity contribution in [3.05, 3.63) is 34.0 Å². The van der Waals surface area contributed by atoms with E-state index < -0.39 is 21.0 Å². The highest BCUT2D eigenvalue weighted by Crippen LogP contribution is 2.36. The average Bonchev–Trinajstić information content (AvgIpc) is 3.00. The minimum atomic E-state index is -3.67. The number of nitrogens with zero attached hydrogens (tertiary/aromatic N) is 3. The summed E-state index contributed by atoms with van der Waals surface area (Å²) in [7, 11) is -0.761. The van der Waals surface area contributed by atoms with Gasteiger partial charge in [-0.15, -0.1) is 23.2 Å². The Labute approximate surface area is 152 Å². The molecule has 0 aromatic rings. The van der Waals surface area contributed by atoms with E-state index in [0.29, 0.717) is 17.0 Å². The smallest absolute Gasteiger partial charge is 0.242 e. The van der Waals surface area contributed by atoms with Crippen molar-refractivity contribution in [3.63, 3.8) is 0 Å². The quantitative estimate of drug-likeness (QED) is 0.676. The molecule has 0 amide bonds. The third-order valence-electron chi connectivity index (χ3n) is 3.35. The maximum Gasteiger partial charge on any atom is 0.242 e. The number of aliphatic imine (C=N–C) groups is 2. The minimum Gasteiger partial charge on any atom is -0.366 e. The molecule has 0 bridgehead atoms. The molecule has 6 nitrogen and oxygen atoms in total. The normalized spacial score (nSPS) is 21.3. The van der Waals surface area contributed by atoms with Crippen LogP contribution in [0, 0.1) is 0 Å². The standard InChI is InChI=1S/C15H19Cl2N3O3S/c1-9(2)23-13-11(14(16)17)7-10(24(21,22)20(3)4)8-12(13)15-18-5-6-19-15/h5-9,13-14H,1-4H3. The molecule has 9 heteroatoms. The number of rotatable bonds is 5. The molecule has 0 aromatic carbocycles. The van der Waals surface area contributed by atoms with Crippen LogP contribution in [0.1, 0.15) is 13.8 Å². The average molecular weight is 392 g/mol. The fourth-order valence-electron chi connectivity index (χ4n) is 2.22. The second kappa shape index (κ2) is 7.49. The van der Waals surface area contributed by atoms with E-state index in [9.17, 15) is 8.42 Å². The molecule has 1 aliphatic heterocycles. The Morgan fingerprint density at radius 1 is 1.17 bits per heavy atom. The zero-order chi connectivity index (χ0) is 18.1. The van der Waals surface area contributed by atoms with Crippen LogP contribution < -0.4 is 0 Å². The minimum absolute atomic E-state index is 0.0669. The van der Waals surface area contributed by atoms with E-state index in [0.717, 1.165) is 4.31 Å². The first-order chi connectivity index (χ1) is 11.1. The van der Waals surface area contributed by atoms with Crippen molar-refractivity contribution in [2.45, 2.75) is 30.9 Å². The van der Waals surface area contributed by atoms with Crippen molar-refractivity contribution < 1.29 is 13.2 Å². The van der Waals surface area contributed by atoms with Gasteiger partial charge in [0.2, 0.25) is 10.0 Å². The molecular weight excluding hydrogens is 373 g/mol. The topological polar surface area (TPSA) is 71.3 Å². The van der Waals surface area contributed by atoms with E-state index in [4.69, 9.17) is 27.9 Å². The molecule has 1 aliphatic carbocycles. The maximum absolute atomic E-state index is 12.5. The first-order valence-electron chi connectivity index (χ1n) is 7.24. The summed E-state index contributed by atoms with van der Waals surface area (Å²) in [5, 5.41) is 0. The highest BCUT2D eigenvalue weighted by molar-refractivity contribution is 7.93. The van der Waals surface area contributed by atoms with Crippen LogP contribution in [-0.4, -0.2) is 56.3 Å². The number of hydrogen-bond donors (Lipinski definition) is 0. The molecule has 0 saturated carbocycles. The highest BCUT2D eigenvalue weighted by Gasteiger charge is 2.34. The molecule has 0 fully saturated rings. The third kappa shape index (κ3) is 3.97.